The molecule has 1 aliphatic heterocycles. The van der Waals surface area contributed by atoms with E-state index in [1.807, 2.05) is 32.0 Å². The van der Waals surface area contributed by atoms with E-state index in [2.05, 4.69) is 45.7 Å². The monoisotopic (exact) mass is 544 g/mol. The van der Waals surface area contributed by atoms with E-state index in [1.165, 1.54) is 4.68 Å². The summed E-state index contributed by atoms with van der Waals surface area (Å²) >= 11 is 3.45. The van der Waals surface area contributed by atoms with Crippen LogP contribution >= 0.6 is 23.5 Å². The number of thioether (sulfide) groups is 2. The lowest BCUT2D eigenvalue weighted by atomic mass is 10.1. The molecule has 3 N–H and O–H groups in total. The molecule has 0 spiro atoms. The van der Waals surface area contributed by atoms with E-state index in [0.717, 1.165) is 52.4 Å². The predicted octanol–water partition coefficient (Wildman–Crippen LogP) is 2.18. The van der Waals surface area contributed by atoms with Gasteiger partial charge in [-0.1, -0.05) is 42.6 Å². The Labute approximate surface area is 222 Å². The number of nitrogen functional groups attached to an aromatic ring is 1. The molecule has 1 aliphatic rings. The number of carbonyl (C=O) groups is 1. The summed E-state index contributed by atoms with van der Waals surface area (Å²) in [6.45, 7) is 6.88. The number of hydrazone groups is 1. The van der Waals surface area contributed by atoms with Crippen molar-refractivity contribution in [1.82, 2.24) is 35.6 Å². The number of carbonyl (C=O) groups excluding carboxylic acids is 1. The fourth-order valence-electron chi connectivity index (χ4n) is 3.54. The summed E-state index contributed by atoms with van der Waals surface area (Å²) in [5.41, 5.74) is 10.8. The van der Waals surface area contributed by atoms with Gasteiger partial charge in [0.25, 0.3) is 5.91 Å². The van der Waals surface area contributed by atoms with Crippen LogP contribution in [0.25, 0.3) is 5.82 Å². The fourth-order valence-corrected chi connectivity index (χ4v) is 5.53. The van der Waals surface area contributed by atoms with Crippen molar-refractivity contribution in [2.75, 3.05) is 38.2 Å². The zero-order chi connectivity index (χ0) is 26.2. The summed E-state index contributed by atoms with van der Waals surface area (Å²) in [5, 5.41) is 19.7. The second kappa shape index (κ2) is 12.7. The minimum Gasteiger partial charge on any atom is -0.496 e. The first-order chi connectivity index (χ1) is 18.0. The molecule has 0 saturated carbocycles. The maximum Gasteiger partial charge on any atom is 0.292 e. The third-order valence-corrected chi connectivity index (χ3v) is 7.81. The lowest BCUT2D eigenvalue weighted by Gasteiger charge is -2.16. The van der Waals surface area contributed by atoms with Crippen LogP contribution in [0, 0.1) is 0 Å². The molecule has 0 radical (unpaired) electrons. The van der Waals surface area contributed by atoms with Crippen LogP contribution in [0.15, 0.2) is 32.9 Å². The van der Waals surface area contributed by atoms with E-state index in [1.54, 1.807) is 36.8 Å². The number of benzene rings is 1. The van der Waals surface area contributed by atoms with Crippen LogP contribution in [0.4, 0.5) is 5.82 Å². The minimum atomic E-state index is -0.522. The van der Waals surface area contributed by atoms with Crippen LogP contribution in [-0.4, -0.2) is 79.2 Å². The Morgan fingerprint density at radius 1 is 1.38 bits per heavy atom. The average molecular weight is 545 g/mol. The number of ether oxygens (including phenoxy) is 1. The summed E-state index contributed by atoms with van der Waals surface area (Å²) in [6, 6.07) is 5.72. The second-order valence-corrected chi connectivity index (χ2v) is 10.1. The van der Waals surface area contributed by atoms with Crippen LogP contribution in [0.1, 0.15) is 41.2 Å². The number of rotatable bonds is 11. The molecule has 4 rings (SSSR count). The molecule has 1 aromatic carbocycles. The molecular weight excluding hydrogens is 516 g/mol. The maximum atomic E-state index is 13.2. The third kappa shape index (κ3) is 6.47. The highest BCUT2D eigenvalue weighted by atomic mass is 32.2. The summed E-state index contributed by atoms with van der Waals surface area (Å²) in [4.78, 5) is 19.8. The van der Waals surface area contributed by atoms with E-state index < -0.39 is 5.91 Å². The molecule has 1 amide bonds. The van der Waals surface area contributed by atoms with Crippen molar-refractivity contribution in [3.8, 4) is 11.6 Å². The Morgan fingerprint density at radius 2 is 2.22 bits per heavy atom. The summed E-state index contributed by atoms with van der Waals surface area (Å²) < 4.78 is 12.5. The molecule has 0 fully saturated rings. The Kier molecular flexibility index (Phi) is 9.14. The van der Waals surface area contributed by atoms with Crippen molar-refractivity contribution in [2.45, 2.75) is 26.1 Å². The zero-order valence-electron chi connectivity index (χ0n) is 20.7. The lowest BCUT2D eigenvalue weighted by Crippen LogP contribution is -2.27. The smallest absolute Gasteiger partial charge is 0.292 e. The number of nitrogens with zero attached hydrogens (tertiary/aromatic N) is 8. The number of anilines is 1. The third-order valence-electron chi connectivity index (χ3n) is 5.51. The van der Waals surface area contributed by atoms with Gasteiger partial charge in [-0.3, -0.25) is 14.7 Å². The van der Waals surface area contributed by atoms with Gasteiger partial charge in [0.1, 0.15) is 15.8 Å². The Bertz CT molecular complexity index is 1290. The largest absolute Gasteiger partial charge is 0.496 e. The molecule has 15 heteroatoms. The Morgan fingerprint density at radius 3 is 2.89 bits per heavy atom. The van der Waals surface area contributed by atoms with Crippen molar-refractivity contribution in [3.05, 3.63) is 40.7 Å². The van der Waals surface area contributed by atoms with Gasteiger partial charge in [-0.2, -0.15) is 9.78 Å². The van der Waals surface area contributed by atoms with Crippen LogP contribution in [0.5, 0.6) is 5.75 Å². The van der Waals surface area contributed by atoms with E-state index in [9.17, 15) is 4.79 Å². The molecule has 0 aliphatic carbocycles. The minimum absolute atomic E-state index is 0.0116. The maximum absolute atomic E-state index is 13.2. The Hall–Kier alpha value is -3.43. The van der Waals surface area contributed by atoms with E-state index >= 15 is 0 Å². The molecule has 2 aromatic heterocycles. The van der Waals surface area contributed by atoms with Crippen molar-refractivity contribution >= 4 is 45.8 Å². The highest BCUT2D eigenvalue weighted by Crippen LogP contribution is 2.29. The summed E-state index contributed by atoms with van der Waals surface area (Å²) in [6.07, 6.45) is 1.57. The van der Waals surface area contributed by atoms with E-state index in [4.69, 9.17) is 10.5 Å². The molecule has 0 atom stereocenters. The van der Waals surface area contributed by atoms with Crippen LogP contribution in [-0.2, 0) is 12.3 Å². The first-order valence-corrected chi connectivity index (χ1v) is 13.6. The van der Waals surface area contributed by atoms with Crippen LogP contribution in [0.2, 0.25) is 0 Å². The zero-order valence-corrected chi connectivity index (χ0v) is 22.4. The summed E-state index contributed by atoms with van der Waals surface area (Å²) in [5.74, 6) is 2.07. The number of nitrogens with one attached hydrogen (secondary N) is 1. The quantitative estimate of drug-likeness (QED) is 0.269. The molecule has 37 heavy (non-hydrogen) atoms. The second-order valence-electron chi connectivity index (χ2n) is 7.79. The van der Waals surface area contributed by atoms with Gasteiger partial charge in [0.2, 0.25) is 11.6 Å². The van der Waals surface area contributed by atoms with Gasteiger partial charge in [0.05, 0.1) is 19.9 Å². The van der Waals surface area contributed by atoms with E-state index in [0.29, 0.717) is 12.2 Å². The van der Waals surface area contributed by atoms with Gasteiger partial charge in [0.15, 0.2) is 5.69 Å². The molecule has 196 valence electrons. The van der Waals surface area contributed by atoms with Crippen molar-refractivity contribution < 1.29 is 14.2 Å². The molecular formula is C22H28N10O3S2. The predicted molar refractivity (Wildman–Crippen MR) is 144 cm³/mol. The molecule has 0 saturated heterocycles. The fraction of sp³-hybridized carbons (Fsp3) is 0.409. The molecule has 3 heterocycles. The van der Waals surface area contributed by atoms with Gasteiger partial charge in [-0.05, 0) is 47.2 Å². The van der Waals surface area contributed by atoms with Crippen molar-refractivity contribution in [3.63, 3.8) is 0 Å². The van der Waals surface area contributed by atoms with Crippen LogP contribution < -0.4 is 15.9 Å². The number of hydrogen-bond donors (Lipinski definition) is 2. The average Bonchev–Trinajstić information content (AvgIpc) is 3.67. The topological polar surface area (TPSA) is 162 Å². The molecule has 3 aromatic rings. The first-order valence-electron chi connectivity index (χ1n) is 11.6. The number of aliphatic imine (C=N–C) groups is 1. The van der Waals surface area contributed by atoms with Crippen molar-refractivity contribution in [1.29, 1.82) is 0 Å². The highest BCUT2D eigenvalue weighted by Gasteiger charge is 2.25. The van der Waals surface area contributed by atoms with E-state index in [-0.39, 0.29) is 17.3 Å². The van der Waals surface area contributed by atoms with Gasteiger partial charge in [-0.25, -0.2) is 10.1 Å². The molecule has 0 bridgehead atoms. The lowest BCUT2D eigenvalue weighted by molar-refractivity contribution is 0.0945. The standard InChI is InChI=1S/C22H28N10O3S2/c1-4-31(5-2)12-16-18(32(30-26-16)20-19(23)28-35-29-20)21(33)27-25-11-14-6-7-17(34-3)15(10-14)13-37-22-24-8-9-36-22/h6-7,10-11H,4-5,8-9,12-13H2,1-3H3,(H2,23,28)(H,27,33)/b25-11+. The molecule has 0 unspecified atom stereocenters. The first kappa shape index (κ1) is 26.6. The summed E-state index contributed by atoms with van der Waals surface area (Å²) in [7, 11) is 1.64. The van der Waals surface area contributed by atoms with Crippen LogP contribution in [0.3, 0.4) is 0 Å². The Balaban J connectivity index is 1.52. The number of amides is 1. The van der Waals surface area contributed by atoms with Gasteiger partial charge < -0.3 is 10.5 Å². The highest BCUT2D eigenvalue weighted by molar-refractivity contribution is 8.38. The number of nitrogens with two attached hydrogens (primary N) is 1. The number of aromatic nitrogens is 5. The van der Waals surface area contributed by atoms with Gasteiger partial charge in [0, 0.05) is 23.6 Å². The molecule has 13 nitrogen and oxygen atoms in total. The van der Waals surface area contributed by atoms with Gasteiger partial charge >= 0.3 is 0 Å². The van der Waals surface area contributed by atoms with Gasteiger partial charge in [-0.15, -0.1) is 5.10 Å². The normalized spacial score (nSPS) is 13.5. The number of methoxy groups -OCH3 is 1. The SMILES string of the molecule is CCN(CC)Cc1nnn(-c2nonc2N)c1C(=O)N/N=C/c1ccc(OC)c(CSC2=NCCS2)c1. The van der Waals surface area contributed by atoms with Crippen molar-refractivity contribution in [2.24, 2.45) is 10.1 Å². The number of hydrogen-bond acceptors (Lipinski definition) is 13.